The van der Waals surface area contributed by atoms with Gasteiger partial charge in [0.05, 0.1) is 18.7 Å². The number of ether oxygens (including phenoxy) is 1. The van der Waals surface area contributed by atoms with Crippen molar-refractivity contribution < 1.29 is 19.4 Å². The fourth-order valence-corrected chi connectivity index (χ4v) is 5.22. The van der Waals surface area contributed by atoms with Crippen molar-refractivity contribution >= 4 is 11.9 Å². The summed E-state index contributed by atoms with van der Waals surface area (Å²) >= 11 is 0. The van der Waals surface area contributed by atoms with Crippen LogP contribution >= 0.6 is 0 Å². The van der Waals surface area contributed by atoms with Gasteiger partial charge < -0.3 is 14.7 Å². The second-order valence-corrected chi connectivity index (χ2v) is 10.2. The van der Waals surface area contributed by atoms with Crippen LogP contribution in [0.1, 0.15) is 54.2 Å². The molecule has 1 saturated carbocycles. The summed E-state index contributed by atoms with van der Waals surface area (Å²) in [6, 6.07) is 14.8. The molecule has 0 radical (unpaired) electrons. The standard InChI is InChI=1S/C30H37N3O4/c1-5-26-19-33(21(3)17-32(26)18-22-13-14-22)29(24-10-8-12-27(34)16-24)23-9-7-11-25(15-23)30(36)31(4)20-28(35)37-6-2/h1,7-12,15-16,21-22,26,29,34H,6,13-14,17-20H2,2-4H3/t21?,26-,29?/m1/s1. The molecule has 0 spiro atoms. The van der Waals surface area contributed by atoms with Gasteiger partial charge in [-0.3, -0.25) is 19.4 Å². The number of phenolic OH excluding ortho intramolecular Hbond substituents is 1. The zero-order valence-corrected chi connectivity index (χ0v) is 22.0. The summed E-state index contributed by atoms with van der Waals surface area (Å²) in [5.41, 5.74) is 2.35. The van der Waals surface area contributed by atoms with Crippen LogP contribution in [-0.4, -0.2) is 83.6 Å². The lowest BCUT2D eigenvalue weighted by atomic mass is 9.92. The van der Waals surface area contributed by atoms with Gasteiger partial charge in [-0.2, -0.15) is 0 Å². The second-order valence-electron chi connectivity index (χ2n) is 10.2. The monoisotopic (exact) mass is 503 g/mol. The van der Waals surface area contributed by atoms with Gasteiger partial charge in [0.1, 0.15) is 12.3 Å². The van der Waals surface area contributed by atoms with Gasteiger partial charge in [0.2, 0.25) is 0 Å². The Kier molecular flexibility index (Phi) is 8.52. The van der Waals surface area contributed by atoms with Gasteiger partial charge in [0, 0.05) is 38.3 Å². The third-order valence-corrected chi connectivity index (χ3v) is 7.26. The molecule has 1 N–H and O–H groups in total. The number of amides is 1. The van der Waals surface area contributed by atoms with E-state index < -0.39 is 5.97 Å². The molecule has 2 aromatic rings. The molecule has 4 rings (SSSR count). The molecular formula is C30H37N3O4. The number of likely N-dealkylation sites (N-methyl/N-ethyl adjacent to an activating group) is 1. The molecule has 1 aliphatic heterocycles. The van der Waals surface area contributed by atoms with E-state index in [2.05, 4.69) is 22.6 Å². The van der Waals surface area contributed by atoms with Crippen LogP contribution in [0.5, 0.6) is 5.75 Å². The summed E-state index contributed by atoms with van der Waals surface area (Å²) in [5, 5.41) is 10.3. The normalized spacial score (nSPS) is 21.1. The van der Waals surface area contributed by atoms with E-state index in [1.54, 1.807) is 32.2 Å². The largest absolute Gasteiger partial charge is 0.508 e. The third kappa shape index (κ3) is 6.51. The number of esters is 1. The highest BCUT2D eigenvalue weighted by molar-refractivity contribution is 5.96. The fraction of sp³-hybridized carbons (Fsp3) is 0.467. The molecular weight excluding hydrogens is 466 g/mol. The molecule has 2 unspecified atom stereocenters. The average Bonchev–Trinajstić information content (AvgIpc) is 3.69. The highest BCUT2D eigenvalue weighted by Crippen LogP contribution is 2.36. The molecule has 7 nitrogen and oxygen atoms in total. The van der Waals surface area contributed by atoms with Crippen molar-refractivity contribution in [1.82, 2.24) is 14.7 Å². The molecule has 3 atom stereocenters. The van der Waals surface area contributed by atoms with E-state index >= 15 is 0 Å². The van der Waals surface area contributed by atoms with E-state index in [0.29, 0.717) is 12.1 Å². The summed E-state index contributed by atoms with van der Waals surface area (Å²) in [6.07, 6.45) is 8.57. The minimum Gasteiger partial charge on any atom is -0.508 e. The second kappa shape index (κ2) is 11.8. The minimum atomic E-state index is -0.439. The number of terminal acetylenes is 1. The number of hydrogen-bond acceptors (Lipinski definition) is 6. The Labute approximate surface area is 220 Å². The van der Waals surface area contributed by atoms with Gasteiger partial charge in [-0.15, -0.1) is 6.42 Å². The molecule has 37 heavy (non-hydrogen) atoms. The minimum absolute atomic E-state index is 0.00265. The number of phenols is 1. The van der Waals surface area contributed by atoms with Crippen LogP contribution in [0, 0.1) is 18.3 Å². The Morgan fingerprint density at radius 2 is 1.86 bits per heavy atom. The van der Waals surface area contributed by atoms with Crippen LogP contribution in [0.4, 0.5) is 0 Å². The van der Waals surface area contributed by atoms with Crippen molar-refractivity contribution in [3.05, 3.63) is 65.2 Å². The van der Waals surface area contributed by atoms with Gasteiger partial charge in [-0.05, 0) is 68.0 Å². The lowest BCUT2D eigenvalue weighted by Gasteiger charge is -2.47. The van der Waals surface area contributed by atoms with E-state index in [1.165, 1.54) is 17.7 Å². The SMILES string of the molecule is C#C[C@@H]1CN(C(c2cccc(O)c2)c2cccc(C(=O)N(C)CC(=O)OCC)c2)C(C)CN1CC1CC1. The number of benzene rings is 2. The topological polar surface area (TPSA) is 73.3 Å². The Hall–Kier alpha value is -3.34. The first-order valence-corrected chi connectivity index (χ1v) is 13.1. The van der Waals surface area contributed by atoms with Crippen LogP contribution in [0.25, 0.3) is 0 Å². The lowest BCUT2D eigenvalue weighted by Crippen LogP contribution is -2.58. The number of carbonyl (C=O) groups excluding carboxylic acids is 2. The van der Waals surface area contributed by atoms with E-state index in [9.17, 15) is 14.7 Å². The van der Waals surface area contributed by atoms with Gasteiger partial charge in [-0.25, -0.2) is 0 Å². The summed E-state index contributed by atoms with van der Waals surface area (Å²) in [7, 11) is 1.59. The first kappa shape index (κ1) is 26.7. The predicted octanol–water partition coefficient (Wildman–Crippen LogP) is 3.53. The van der Waals surface area contributed by atoms with Crippen molar-refractivity contribution in [2.45, 2.75) is 44.8 Å². The fourth-order valence-electron chi connectivity index (χ4n) is 5.22. The number of rotatable bonds is 9. The van der Waals surface area contributed by atoms with E-state index in [1.807, 2.05) is 30.3 Å². The number of carbonyl (C=O) groups is 2. The van der Waals surface area contributed by atoms with E-state index in [-0.39, 0.29) is 42.9 Å². The Morgan fingerprint density at radius 1 is 1.16 bits per heavy atom. The molecule has 0 aromatic heterocycles. The summed E-state index contributed by atoms with van der Waals surface area (Å²) < 4.78 is 4.99. The van der Waals surface area contributed by atoms with Gasteiger partial charge >= 0.3 is 5.97 Å². The Bertz CT molecular complexity index is 1160. The van der Waals surface area contributed by atoms with Crippen LogP contribution in [-0.2, 0) is 9.53 Å². The zero-order chi connectivity index (χ0) is 26.5. The summed E-state index contributed by atoms with van der Waals surface area (Å²) in [5.74, 6) is 3.26. The molecule has 7 heteroatoms. The summed E-state index contributed by atoms with van der Waals surface area (Å²) in [4.78, 5) is 31.3. The van der Waals surface area contributed by atoms with Crippen LogP contribution in [0.15, 0.2) is 48.5 Å². The Morgan fingerprint density at radius 3 is 2.51 bits per heavy atom. The predicted molar refractivity (Wildman–Crippen MR) is 143 cm³/mol. The highest BCUT2D eigenvalue weighted by Gasteiger charge is 2.38. The smallest absolute Gasteiger partial charge is 0.325 e. The first-order valence-electron chi connectivity index (χ1n) is 13.1. The van der Waals surface area contributed by atoms with Crippen molar-refractivity contribution in [2.24, 2.45) is 5.92 Å². The maximum Gasteiger partial charge on any atom is 0.325 e. The van der Waals surface area contributed by atoms with Gasteiger partial charge in [0.15, 0.2) is 0 Å². The molecule has 2 aliphatic rings. The molecule has 0 bridgehead atoms. The molecule has 1 amide bonds. The van der Waals surface area contributed by atoms with E-state index in [0.717, 1.165) is 30.1 Å². The number of piperazine rings is 1. The molecule has 196 valence electrons. The van der Waals surface area contributed by atoms with Crippen LogP contribution in [0.3, 0.4) is 0 Å². The Balaban J connectivity index is 1.65. The number of nitrogens with zero attached hydrogens (tertiary/aromatic N) is 3. The first-order chi connectivity index (χ1) is 17.8. The van der Waals surface area contributed by atoms with Gasteiger partial charge in [0.25, 0.3) is 5.91 Å². The third-order valence-electron chi connectivity index (χ3n) is 7.26. The van der Waals surface area contributed by atoms with E-state index in [4.69, 9.17) is 11.2 Å². The maximum absolute atomic E-state index is 13.2. The molecule has 2 fully saturated rings. The van der Waals surface area contributed by atoms with Crippen molar-refractivity contribution in [3.8, 4) is 18.1 Å². The molecule has 1 heterocycles. The summed E-state index contributed by atoms with van der Waals surface area (Å²) in [6.45, 7) is 6.70. The molecule has 1 aliphatic carbocycles. The quantitative estimate of drug-likeness (QED) is 0.417. The molecule has 2 aromatic carbocycles. The highest BCUT2D eigenvalue weighted by atomic mass is 16.5. The van der Waals surface area contributed by atoms with Crippen molar-refractivity contribution in [1.29, 1.82) is 0 Å². The lowest BCUT2D eigenvalue weighted by molar-refractivity contribution is -0.143. The molecule has 1 saturated heterocycles. The average molecular weight is 504 g/mol. The maximum atomic E-state index is 13.2. The van der Waals surface area contributed by atoms with Crippen molar-refractivity contribution in [3.63, 3.8) is 0 Å². The van der Waals surface area contributed by atoms with Gasteiger partial charge in [-0.1, -0.05) is 30.2 Å². The van der Waals surface area contributed by atoms with Crippen LogP contribution < -0.4 is 0 Å². The number of hydrogen-bond donors (Lipinski definition) is 1. The van der Waals surface area contributed by atoms with Crippen molar-refractivity contribution in [2.75, 3.05) is 39.8 Å². The zero-order valence-electron chi connectivity index (χ0n) is 22.0. The number of aromatic hydroxyl groups is 1. The van der Waals surface area contributed by atoms with Crippen LogP contribution in [0.2, 0.25) is 0 Å².